The van der Waals surface area contributed by atoms with Gasteiger partial charge in [-0.2, -0.15) is 0 Å². The first kappa shape index (κ1) is 10.7. The van der Waals surface area contributed by atoms with Gasteiger partial charge in [-0.3, -0.25) is 0 Å². The average Bonchev–Trinajstić information content (AvgIpc) is 1.88. The molecule has 63 valence electrons. The van der Waals surface area contributed by atoms with Gasteiger partial charge in [-0.15, -0.1) is 0 Å². The Morgan fingerprint density at radius 1 is 1.27 bits per heavy atom. The molecule has 1 rings (SSSR count). The summed E-state index contributed by atoms with van der Waals surface area (Å²) in [6.07, 6.45) is 0. The number of benzene rings is 1. The van der Waals surface area contributed by atoms with Crippen LogP contribution in [0.25, 0.3) is 0 Å². The predicted octanol–water partition coefficient (Wildman–Crippen LogP) is 2.14. The van der Waals surface area contributed by atoms with Crippen LogP contribution in [0.5, 0.6) is 0 Å². The largest absolute Gasteiger partial charge is 0.478 e. The van der Waals surface area contributed by atoms with Crippen molar-refractivity contribution in [1.82, 2.24) is 0 Å². The first-order valence-corrected chi connectivity index (χ1v) is 3.48. The molecular weight excluding hydrogens is 260 g/mol. The molecule has 0 atom stereocenters. The van der Waals surface area contributed by atoms with Gasteiger partial charge >= 0.3 is 5.97 Å². The first-order chi connectivity index (χ1) is 4.70. The minimum atomic E-state index is -0.896. The van der Waals surface area contributed by atoms with E-state index in [4.69, 9.17) is 5.11 Å². The molecule has 0 bridgehead atoms. The van der Waals surface area contributed by atoms with Crippen LogP contribution in [0.2, 0.25) is 0 Å². The van der Waals surface area contributed by atoms with E-state index in [9.17, 15) is 4.79 Å². The third-order valence-corrected chi connectivity index (χ3v) is 1.62. The maximum atomic E-state index is 10.3. The minimum Gasteiger partial charge on any atom is -0.478 e. The van der Waals surface area contributed by atoms with E-state index in [1.807, 2.05) is 0 Å². The van der Waals surface area contributed by atoms with E-state index in [1.54, 1.807) is 24.3 Å². The summed E-state index contributed by atoms with van der Waals surface area (Å²) in [5.74, 6) is -0.896. The summed E-state index contributed by atoms with van der Waals surface area (Å²) >= 11 is 3.20. The van der Waals surface area contributed by atoms with Crippen LogP contribution >= 0.6 is 15.9 Å². The summed E-state index contributed by atoms with van der Waals surface area (Å²) in [6, 6.07) is 6.49. The van der Waals surface area contributed by atoms with Crippen molar-refractivity contribution < 1.29 is 27.0 Å². The molecule has 0 aromatic heterocycles. The molecule has 11 heavy (non-hydrogen) atoms. The topological polar surface area (TPSA) is 37.3 Å². The van der Waals surface area contributed by atoms with E-state index in [0.717, 1.165) is 4.47 Å². The van der Waals surface area contributed by atoms with Crippen LogP contribution in [0, 0.1) is 0 Å². The third-order valence-electron chi connectivity index (χ3n) is 1.09. The van der Waals surface area contributed by atoms with Crippen molar-refractivity contribution in [3.8, 4) is 0 Å². The molecule has 4 heteroatoms. The number of aromatic carboxylic acids is 1. The van der Waals surface area contributed by atoms with Crippen LogP contribution in [-0.2, 0) is 17.1 Å². The minimum absolute atomic E-state index is 0. The molecule has 0 aliphatic rings. The molecule has 0 aliphatic heterocycles. The van der Waals surface area contributed by atoms with E-state index in [0.29, 0.717) is 5.56 Å². The van der Waals surface area contributed by atoms with Gasteiger partial charge in [0.2, 0.25) is 0 Å². The monoisotopic (exact) mass is 263 g/mol. The van der Waals surface area contributed by atoms with E-state index >= 15 is 0 Å². The Kier molecular flexibility index (Phi) is 4.42. The maximum absolute atomic E-state index is 10.3. The number of carboxylic acid groups (broad SMARTS) is 1. The second-order valence-electron chi connectivity index (χ2n) is 1.81. The Morgan fingerprint density at radius 2 is 1.73 bits per heavy atom. The van der Waals surface area contributed by atoms with Crippen molar-refractivity contribution in [3.63, 3.8) is 0 Å². The maximum Gasteiger partial charge on any atom is 0.335 e. The molecule has 2 nitrogen and oxygen atoms in total. The molecule has 1 aromatic carbocycles. The van der Waals surface area contributed by atoms with Gasteiger partial charge in [-0.05, 0) is 24.3 Å². The molecule has 0 saturated heterocycles. The van der Waals surface area contributed by atoms with Crippen LogP contribution < -0.4 is 0 Å². The van der Waals surface area contributed by atoms with Gasteiger partial charge in [0, 0.05) is 21.5 Å². The number of halogens is 1. The fourth-order valence-electron chi connectivity index (χ4n) is 0.592. The second-order valence-corrected chi connectivity index (χ2v) is 2.73. The van der Waals surface area contributed by atoms with Gasteiger partial charge in [0.05, 0.1) is 5.56 Å². The number of carboxylic acids is 1. The van der Waals surface area contributed by atoms with Crippen LogP contribution in [0.3, 0.4) is 0 Å². The normalized spacial score (nSPS) is 8.45. The van der Waals surface area contributed by atoms with E-state index in [-0.39, 0.29) is 17.1 Å². The third kappa shape index (κ3) is 3.06. The fourth-order valence-corrected chi connectivity index (χ4v) is 0.857. The van der Waals surface area contributed by atoms with Crippen LogP contribution in [0.15, 0.2) is 28.7 Å². The summed E-state index contributed by atoms with van der Waals surface area (Å²) in [7, 11) is 0. The molecule has 1 aromatic rings. The van der Waals surface area contributed by atoms with E-state index in [1.165, 1.54) is 0 Å². The zero-order valence-electron chi connectivity index (χ0n) is 5.34. The van der Waals surface area contributed by atoms with E-state index < -0.39 is 5.97 Å². The van der Waals surface area contributed by atoms with Crippen molar-refractivity contribution in [2.24, 2.45) is 0 Å². The molecule has 0 spiro atoms. The van der Waals surface area contributed by atoms with Gasteiger partial charge in [-0.25, -0.2) is 4.79 Å². The van der Waals surface area contributed by atoms with Gasteiger partial charge in [0.25, 0.3) is 0 Å². The van der Waals surface area contributed by atoms with Gasteiger partial charge in [-0.1, -0.05) is 15.9 Å². The molecule has 0 heterocycles. The zero-order chi connectivity index (χ0) is 7.56. The molecule has 0 amide bonds. The smallest absolute Gasteiger partial charge is 0.335 e. The Hall–Kier alpha value is -0.311. The quantitative estimate of drug-likeness (QED) is 0.789. The summed E-state index contributed by atoms with van der Waals surface area (Å²) < 4.78 is 0.887. The number of hydrogen-bond acceptors (Lipinski definition) is 1. The van der Waals surface area contributed by atoms with Crippen LogP contribution in [-0.4, -0.2) is 11.1 Å². The van der Waals surface area contributed by atoms with Crippen LogP contribution in [0.1, 0.15) is 10.4 Å². The zero-order valence-corrected chi connectivity index (χ0v) is 7.87. The van der Waals surface area contributed by atoms with Gasteiger partial charge in [0.1, 0.15) is 0 Å². The SMILES string of the molecule is O=C(O)c1ccc(Br)cc1.[Cu]. The van der Waals surface area contributed by atoms with Gasteiger partial charge in [0.15, 0.2) is 0 Å². The molecule has 0 unspecified atom stereocenters. The molecule has 0 fully saturated rings. The standard InChI is InChI=1S/C7H5BrO2.Cu/c8-6-3-1-5(2-4-6)7(9)10;/h1-4H,(H,9,10);. The average molecular weight is 265 g/mol. The molecule has 0 saturated carbocycles. The van der Waals surface area contributed by atoms with Crippen molar-refractivity contribution >= 4 is 21.9 Å². The van der Waals surface area contributed by atoms with Gasteiger partial charge < -0.3 is 5.11 Å². The summed E-state index contributed by atoms with van der Waals surface area (Å²) in [6.45, 7) is 0. The predicted molar refractivity (Wildman–Crippen MR) is 41.1 cm³/mol. The summed E-state index contributed by atoms with van der Waals surface area (Å²) in [4.78, 5) is 10.3. The van der Waals surface area contributed by atoms with Crippen molar-refractivity contribution in [2.75, 3.05) is 0 Å². The Bertz CT molecular complexity index is 245. The van der Waals surface area contributed by atoms with Crippen molar-refractivity contribution in [3.05, 3.63) is 34.3 Å². The van der Waals surface area contributed by atoms with Crippen LogP contribution in [0.4, 0.5) is 0 Å². The van der Waals surface area contributed by atoms with Crippen molar-refractivity contribution in [2.45, 2.75) is 0 Å². The van der Waals surface area contributed by atoms with Crippen molar-refractivity contribution in [1.29, 1.82) is 0 Å². The second kappa shape index (κ2) is 4.54. The number of rotatable bonds is 1. The first-order valence-electron chi connectivity index (χ1n) is 2.69. The molecule has 1 radical (unpaired) electrons. The summed E-state index contributed by atoms with van der Waals surface area (Å²) in [5.41, 5.74) is 0.309. The Morgan fingerprint density at radius 3 is 2.09 bits per heavy atom. The molecule has 1 N–H and O–H groups in total. The Balaban J connectivity index is 0.000001000. The number of hydrogen-bond donors (Lipinski definition) is 1. The molecular formula is C7H5BrCuO2. The fraction of sp³-hybridized carbons (Fsp3) is 0. The Labute approximate surface area is 83.2 Å². The number of carbonyl (C=O) groups is 1. The summed E-state index contributed by atoms with van der Waals surface area (Å²) in [5, 5.41) is 8.46. The van der Waals surface area contributed by atoms with E-state index in [2.05, 4.69) is 15.9 Å². The molecule has 0 aliphatic carbocycles.